The molecule has 5 nitrogen and oxygen atoms in total. The zero-order chi connectivity index (χ0) is 18.4. The molecule has 132 valence electrons. The molecule has 0 saturated carbocycles. The number of carbonyl (C=O) groups is 1. The number of ether oxygens (including phenoxy) is 1. The van der Waals surface area contributed by atoms with Crippen LogP contribution in [0.25, 0.3) is 6.08 Å². The number of hydrogen-bond acceptors (Lipinski definition) is 4. The van der Waals surface area contributed by atoms with Gasteiger partial charge >= 0.3 is 0 Å². The van der Waals surface area contributed by atoms with Crippen molar-refractivity contribution in [3.63, 3.8) is 0 Å². The second kappa shape index (κ2) is 7.94. The van der Waals surface area contributed by atoms with E-state index in [2.05, 4.69) is 5.32 Å². The molecule has 0 aliphatic rings. The molecule has 0 aliphatic heterocycles. The number of para-hydroxylation sites is 1. The van der Waals surface area contributed by atoms with Crippen LogP contribution in [0.1, 0.15) is 12.5 Å². The van der Waals surface area contributed by atoms with E-state index in [1.807, 2.05) is 0 Å². The molecule has 0 heterocycles. The van der Waals surface area contributed by atoms with Crippen LogP contribution in [-0.2, 0) is 14.6 Å². The summed E-state index contributed by atoms with van der Waals surface area (Å²) in [5.41, 5.74) is 0.683. The van der Waals surface area contributed by atoms with Gasteiger partial charge in [0.1, 0.15) is 0 Å². The molecule has 0 fully saturated rings. The summed E-state index contributed by atoms with van der Waals surface area (Å²) >= 11 is 0. The standard InChI is InChI=1S/C18H18FNO4S/c1-3-25(22,23)17-7-5-4-6-15(17)20-18(21)11-9-13-8-10-16(24-2)14(19)12-13/h4-12H,3H2,1-2H3,(H,20,21)/b11-9+. The molecule has 0 bridgehead atoms. The average Bonchev–Trinajstić information content (AvgIpc) is 2.60. The van der Waals surface area contributed by atoms with Crippen LogP contribution in [0, 0.1) is 5.82 Å². The first kappa shape index (κ1) is 18.7. The molecule has 2 rings (SSSR count). The predicted octanol–water partition coefficient (Wildman–Crippen LogP) is 3.28. The molecule has 2 aromatic carbocycles. The molecule has 0 atom stereocenters. The molecular weight excluding hydrogens is 345 g/mol. The predicted molar refractivity (Wildman–Crippen MR) is 94.8 cm³/mol. The van der Waals surface area contributed by atoms with Crippen molar-refractivity contribution in [2.45, 2.75) is 11.8 Å². The Morgan fingerprint density at radius 3 is 2.60 bits per heavy atom. The van der Waals surface area contributed by atoms with Gasteiger partial charge in [0, 0.05) is 6.08 Å². The smallest absolute Gasteiger partial charge is 0.248 e. The summed E-state index contributed by atoms with van der Waals surface area (Å²) in [6, 6.07) is 10.5. The summed E-state index contributed by atoms with van der Waals surface area (Å²) in [4.78, 5) is 12.1. The molecule has 2 aromatic rings. The Hall–Kier alpha value is -2.67. The molecule has 1 amide bonds. The van der Waals surface area contributed by atoms with E-state index in [1.54, 1.807) is 18.2 Å². The summed E-state index contributed by atoms with van der Waals surface area (Å²) in [6.07, 6.45) is 2.63. The number of benzene rings is 2. The van der Waals surface area contributed by atoms with Gasteiger partial charge in [-0.1, -0.05) is 25.1 Å². The van der Waals surface area contributed by atoms with Crippen molar-refractivity contribution in [2.75, 3.05) is 18.2 Å². The number of carbonyl (C=O) groups excluding carboxylic acids is 1. The first-order chi connectivity index (χ1) is 11.9. The van der Waals surface area contributed by atoms with Crippen molar-refractivity contribution in [3.8, 4) is 5.75 Å². The summed E-state index contributed by atoms with van der Waals surface area (Å²) in [5, 5.41) is 2.54. The van der Waals surface area contributed by atoms with Gasteiger partial charge in [0.05, 0.1) is 23.4 Å². The zero-order valence-electron chi connectivity index (χ0n) is 13.8. The Balaban J connectivity index is 2.17. The molecule has 0 spiro atoms. The Bertz CT molecular complexity index is 907. The quantitative estimate of drug-likeness (QED) is 0.800. The van der Waals surface area contributed by atoms with Gasteiger partial charge < -0.3 is 10.1 Å². The van der Waals surface area contributed by atoms with E-state index in [4.69, 9.17) is 4.74 Å². The van der Waals surface area contributed by atoms with Gasteiger partial charge in [-0.15, -0.1) is 0 Å². The number of methoxy groups -OCH3 is 1. The summed E-state index contributed by atoms with van der Waals surface area (Å²) < 4.78 is 42.6. The molecule has 0 aliphatic carbocycles. The minimum Gasteiger partial charge on any atom is -0.494 e. The monoisotopic (exact) mass is 363 g/mol. The molecule has 0 aromatic heterocycles. The van der Waals surface area contributed by atoms with Crippen LogP contribution < -0.4 is 10.1 Å². The summed E-state index contributed by atoms with van der Waals surface area (Å²) in [7, 11) is -2.09. The number of anilines is 1. The molecule has 0 saturated heterocycles. The minimum absolute atomic E-state index is 0.0646. The first-order valence-electron chi connectivity index (χ1n) is 7.51. The third kappa shape index (κ3) is 4.67. The van der Waals surface area contributed by atoms with Crippen LogP contribution in [0.5, 0.6) is 5.75 Å². The van der Waals surface area contributed by atoms with E-state index in [0.29, 0.717) is 5.56 Å². The fourth-order valence-corrected chi connectivity index (χ4v) is 3.18. The topological polar surface area (TPSA) is 72.5 Å². The van der Waals surface area contributed by atoms with Gasteiger partial charge in [0.2, 0.25) is 5.91 Å². The number of sulfone groups is 1. The van der Waals surface area contributed by atoms with Gasteiger partial charge in [0.15, 0.2) is 21.4 Å². The van der Waals surface area contributed by atoms with Gasteiger partial charge in [0.25, 0.3) is 0 Å². The minimum atomic E-state index is -3.46. The summed E-state index contributed by atoms with van der Waals surface area (Å²) in [6.45, 7) is 1.53. The van der Waals surface area contributed by atoms with Gasteiger partial charge in [-0.05, 0) is 35.9 Å². The van der Waals surface area contributed by atoms with Gasteiger partial charge in [-0.2, -0.15) is 0 Å². The maximum Gasteiger partial charge on any atom is 0.248 e. The largest absolute Gasteiger partial charge is 0.494 e. The van der Waals surface area contributed by atoms with Crippen molar-refractivity contribution >= 4 is 27.5 Å². The molecule has 1 N–H and O–H groups in total. The van der Waals surface area contributed by atoms with Crippen LogP contribution in [0.15, 0.2) is 53.4 Å². The average molecular weight is 363 g/mol. The van der Waals surface area contributed by atoms with E-state index in [1.165, 1.54) is 50.5 Å². The SMILES string of the molecule is CCS(=O)(=O)c1ccccc1NC(=O)/C=C/c1ccc(OC)c(F)c1. The fourth-order valence-electron chi connectivity index (χ4n) is 2.13. The van der Waals surface area contributed by atoms with Crippen molar-refractivity contribution < 1.29 is 22.3 Å². The molecule has 0 unspecified atom stereocenters. The summed E-state index contributed by atoms with van der Waals surface area (Å²) in [5.74, 6) is -1.01. The lowest BCUT2D eigenvalue weighted by atomic mass is 10.2. The van der Waals surface area contributed by atoms with Crippen molar-refractivity contribution in [3.05, 3.63) is 59.9 Å². The second-order valence-corrected chi connectivity index (χ2v) is 7.36. The van der Waals surface area contributed by atoms with Crippen molar-refractivity contribution in [2.24, 2.45) is 0 Å². The number of rotatable bonds is 6. The molecule has 0 radical (unpaired) electrons. The normalized spacial score (nSPS) is 11.5. The highest BCUT2D eigenvalue weighted by atomic mass is 32.2. The van der Waals surface area contributed by atoms with E-state index in [9.17, 15) is 17.6 Å². The van der Waals surface area contributed by atoms with Crippen molar-refractivity contribution in [1.82, 2.24) is 0 Å². The van der Waals surface area contributed by atoms with Crippen LogP contribution >= 0.6 is 0 Å². The first-order valence-corrected chi connectivity index (χ1v) is 9.17. The maximum absolute atomic E-state index is 13.6. The third-order valence-electron chi connectivity index (χ3n) is 3.46. The van der Waals surface area contributed by atoms with Gasteiger partial charge in [-0.3, -0.25) is 4.79 Å². The van der Waals surface area contributed by atoms with Crippen LogP contribution in [0.4, 0.5) is 10.1 Å². The Labute approximate surface area is 146 Å². The molecule has 7 heteroatoms. The fraction of sp³-hybridized carbons (Fsp3) is 0.167. The van der Waals surface area contributed by atoms with Crippen LogP contribution in [0.2, 0.25) is 0 Å². The highest BCUT2D eigenvalue weighted by Crippen LogP contribution is 2.22. The number of halogens is 1. The second-order valence-electron chi connectivity index (χ2n) is 5.12. The van der Waals surface area contributed by atoms with E-state index >= 15 is 0 Å². The van der Waals surface area contributed by atoms with Gasteiger partial charge in [-0.25, -0.2) is 12.8 Å². The molecule has 25 heavy (non-hydrogen) atoms. The lowest BCUT2D eigenvalue weighted by Crippen LogP contribution is -2.13. The highest BCUT2D eigenvalue weighted by molar-refractivity contribution is 7.91. The Morgan fingerprint density at radius 1 is 1.24 bits per heavy atom. The lowest BCUT2D eigenvalue weighted by Gasteiger charge is -2.09. The van der Waals surface area contributed by atoms with E-state index in [-0.39, 0.29) is 22.1 Å². The van der Waals surface area contributed by atoms with Crippen LogP contribution in [0.3, 0.4) is 0 Å². The number of nitrogens with one attached hydrogen (secondary N) is 1. The lowest BCUT2D eigenvalue weighted by molar-refractivity contribution is -0.111. The number of amides is 1. The Kier molecular flexibility index (Phi) is 5.93. The maximum atomic E-state index is 13.6. The molecular formula is C18H18FNO4S. The number of hydrogen-bond donors (Lipinski definition) is 1. The van der Waals surface area contributed by atoms with E-state index < -0.39 is 21.6 Å². The van der Waals surface area contributed by atoms with E-state index in [0.717, 1.165) is 0 Å². The van der Waals surface area contributed by atoms with Crippen molar-refractivity contribution in [1.29, 1.82) is 0 Å². The van der Waals surface area contributed by atoms with Crippen LogP contribution in [-0.4, -0.2) is 27.2 Å². The third-order valence-corrected chi connectivity index (χ3v) is 5.25. The highest BCUT2D eigenvalue weighted by Gasteiger charge is 2.16. The zero-order valence-corrected chi connectivity index (χ0v) is 14.6. The Morgan fingerprint density at radius 2 is 1.96 bits per heavy atom.